The largest absolute Gasteiger partial charge is 0.493 e. The van der Waals surface area contributed by atoms with Crippen molar-refractivity contribution in [3.05, 3.63) is 87.7 Å². The maximum atomic E-state index is 15.1. The van der Waals surface area contributed by atoms with Gasteiger partial charge in [-0.3, -0.25) is 9.59 Å². The summed E-state index contributed by atoms with van der Waals surface area (Å²) in [6, 6.07) is 14.5. The summed E-state index contributed by atoms with van der Waals surface area (Å²) in [5.74, 6) is -2.58. The summed E-state index contributed by atoms with van der Waals surface area (Å²) >= 11 is 0. The Morgan fingerprint density at radius 2 is 1.88 bits per heavy atom. The van der Waals surface area contributed by atoms with Crippen LogP contribution in [0.25, 0.3) is 11.0 Å². The highest BCUT2D eigenvalue weighted by molar-refractivity contribution is 5.94. The number of benzene rings is 3. The molecule has 2 atom stereocenters. The molecule has 4 aromatic rings. The SMILES string of the molecule is Cc1c2ccc3c1nnn3CCCCCCOc1ccc(c(F)c1)C(=O)N1CCc3ccc(cc3C1)[C@H]2[C@@H](C)C(=O)O. The van der Waals surface area contributed by atoms with E-state index in [-0.39, 0.29) is 11.5 Å². The van der Waals surface area contributed by atoms with Gasteiger partial charge in [-0.1, -0.05) is 42.8 Å². The van der Waals surface area contributed by atoms with Gasteiger partial charge in [-0.05, 0) is 78.6 Å². The fraction of sp³-hybridized carbons (Fsp3) is 0.394. The smallest absolute Gasteiger partial charge is 0.307 e. The molecule has 0 saturated heterocycles. The van der Waals surface area contributed by atoms with Crippen LogP contribution in [0.3, 0.4) is 0 Å². The van der Waals surface area contributed by atoms with Gasteiger partial charge in [0.25, 0.3) is 5.91 Å². The summed E-state index contributed by atoms with van der Waals surface area (Å²) in [5, 5.41) is 19.0. The summed E-state index contributed by atoms with van der Waals surface area (Å²) in [6.45, 7) is 5.71. The van der Waals surface area contributed by atoms with Crippen LogP contribution in [0.4, 0.5) is 4.39 Å². The molecule has 5 aliphatic heterocycles. The lowest BCUT2D eigenvalue weighted by Gasteiger charge is -2.31. The number of aromatic nitrogens is 3. The van der Waals surface area contributed by atoms with Crippen molar-refractivity contribution in [3.63, 3.8) is 0 Å². The van der Waals surface area contributed by atoms with E-state index in [9.17, 15) is 14.7 Å². The third-order valence-electron chi connectivity index (χ3n) is 8.80. The highest BCUT2D eigenvalue weighted by Crippen LogP contribution is 2.38. The maximum absolute atomic E-state index is 15.1. The number of halogens is 1. The van der Waals surface area contributed by atoms with Crippen molar-refractivity contribution >= 4 is 22.9 Å². The average molecular weight is 571 g/mol. The number of carboxylic acid groups (broad SMARTS) is 1. The zero-order valence-electron chi connectivity index (χ0n) is 24.0. The van der Waals surface area contributed by atoms with Gasteiger partial charge < -0.3 is 14.7 Å². The predicted octanol–water partition coefficient (Wildman–Crippen LogP) is 5.88. The molecule has 6 heterocycles. The van der Waals surface area contributed by atoms with E-state index in [4.69, 9.17) is 4.74 Å². The van der Waals surface area contributed by atoms with Gasteiger partial charge in [0.1, 0.15) is 17.1 Å². The molecule has 3 aromatic carbocycles. The van der Waals surface area contributed by atoms with Crippen LogP contribution >= 0.6 is 0 Å². The molecular weight excluding hydrogens is 535 g/mol. The van der Waals surface area contributed by atoms with E-state index in [0.29, 0.717) is 31.9 Å². The Labute approximate surface area is 244 Å². The normalized spacial score (nSPS) is 18.5. The molecular formula is C33H35FN4O4. The second kappa shape index (κ2) is 11.5. The van der Waals surface area contributed by atoms with E-state index in [1.54, 1.807) is 17.9 Å². The molecule has 1 amide bonds. The lowest BCUT2D eigenvalue weighted by Crippen LogP contribution is -2.36. The van der Waals surface area contributed by atoms with Gasteiger partial charge >= 0.3 is 5.97 Å². The number of hydrogen-bond donors (Lipinski definition) is 1. The summed E-state index contributed by atoms with van der Waals surface area (Å²) in [6.07, 6.45) is 4.34. The number of rotatable bonds is 2. The molecule has 0 spiro atoms. The van der Waals surface area contributed by atoms with Crippen molar-refractivity contribution < 1.29 is 23.8 Å². The van der Waals surface area contributed by atoms with Crippen LogP contribution in [0.1, 0.15) is 76.7 Å². The summed E-state index contributed by atoms with van der Waals surface area (Å²) in [5.41, 5.74) is 6.46. The topological polar surface area (TPSA) is 97.5 Å². The van der Waals surface area contributed by atoms with Crippen LogP contribution in [0.15, 0.2) is 48.5 Å². The van der Waals surface area contributed by atoms with E-state index in [2.05, 4.69) is 10.3 Å². The van der Waals surface area contributed by atoms with Crippen molar-refractivity contribution in [1.82, 2.24) is 19.9 Å². The van der Waals surface area contributed by atoms with Crippen LogP contribution in [0.2, 0.25) is 0 Å². The quantitative estimate of drug-likeness (QED) is 0.323. The molecule has 0 unspecified atom stereocenters. The second-order valence-corrected chi connectivity index (χ2v) is 11.5. The van der Waals surface area contributed by atoms with Crippen molar-refractivity contribution in [2.24, 2.45) is 5.92 Å². The lowest BCUT2D eigenvalue weighted by molar-refractivity contribution is -0.141. The van der Waals surface area contributed by atoms with Gasteiger partial charge in [-0.25, -0.2) is 9.07 Å². The van der Waals surface area contributed by atoms with Crippen molar-refractivity contribution in [2.75, 3.05) is 13.2 Å². The van der Waals surface area contributed by atoms with Crippen molar-refractivity contribution in [3.8, 4) is 5.75 Å². The number of hydrogen-bond acceptors (Lipinski definition) is 5. The minimum absolute atomic E-state index is 0.0224. The molecule has 218 valence electrons. The van der Waals surface area contributed by atoms with E-state index in [0.717, 1.165) is 71.1 Å². The molecule has 1 N–H and O–H groups in total. The van der Waals surface area contributed by atoms with Crippen LogP contribution in [-0.4, -0.2) is 50.0 Å². The van der Waals surface area contributed by atoms with E-state index >= 15 is 4.39 Å². The molecule has 9 bridgehead atoms. The molecule has 9 heteroatoms. The Bertz CT molecular complexity index is 1670. The third-order valence-corrected chi connectivity index (χ3v) is 8.80. The molecule has 0 radical (unpaired) electrons. The van der Waals surface area contributed by atoms with E-state index in [1.807, 2.05) is 41.9 Å². The first-order valence-corrected chi connectivity index (χ1v) is 14.7. The molecule has 42 heavy (non-hydrogen) atoms. The minimum Gasteiger partial charge on any atom is -0.493 e. The Kier molecular flexibility index (Phi) is 7.66. The van der Waals surface area contributed by atoms with Gasteiger partial charge in [-0.15, -0.1) is 5.10 Å². The monoisotopic (exact) mass is 570 g/mol. The van der Waals surface area contributed by atoms with Gasteiger partial charge in [-0.2, -0.15) is 0 Å². The van der Waals surface area contributed by atoms with Crippen molar-refractivity contribution in [2.45, 2.75) is 65.0 Å². The van der Waals surface area contributed by atoms with Gasteiger partial charge in [0.15, 0.2) is 0 Å². The summed E-state index contributed by atoms with van der Waals surface area (Å²) in [4.78, 5) is 27.4. The third kappa shape index (κ3) is 5.24. The summed E-state index contributed by atoms with van der Waals surface area (Å²) in [7, 11) is 0. The zero-order chi connectivity index (χ0) is 29.4. The number of nitrogens with zero attached hydrogens (tertiary/aromatic N) is 4. The number of carbonyl (C=O) groups excluding carboxylic acids is 1. The fourth-order valence-corrected chi connectivity index (χ4v) is 6.35. The number of amides is 1. The first-order valence-electron chi connectivity index (χ1n) is 14.7. The molecule has 0 fully saturated rings. The number of ether oxygens (including phenoxy) is 1. The lowest BCUT2D eigenvalue weighted by atomic mass is 9.78. The van der Waals surface area contributed by atoms with E-state index < -0.39 is 23.6 Å². The zero-order valence-corrected chi connectivity index (χ0v) is 24.0. The number of carboxylic acids is 1. The molecule has 9 rings (SSSR count). The van der Waals surface area contributed by atoms with Crippen LogP contribution in [0, 0.1) is 18.7 Å². The van der Waals surface area contributed by atoms with Crippen molar-refractivity contribution in [1.29, 1.82) is 0 Å². The first kappa shape index (κ1) is 27.9. The second-order valence-electron chi connectivity index (χ2n) is 11.5. The van der Waals surface area contributed by atoms with Crippen LogP contribution in [0.5, 0.6) is 5.75 Å². The van der Waals surface area contributed by atoms with Gasteiger partial charge in [0.05, 0.1) is 23.6 Å². The molecule has 0 saturated carbocycles. The molecule has 8 nitrogen and oxygen atoms in total. The molecule has 1 aromatic heterocycles. The highest BCUT2D eigenvalue weighted by atomic mass is 19.1. The Balaban J connectivity index is 1.42. The average Bonchev–Trinajstić information content (AvgIpc) is 3.40. The number of aryl methyl sites for hydroxylation is 2. The first-order chi connectivity index (χ1) is 20.3. The number of carbonyl (C=O) groups is 2. The van der Waals surface area contributed by atoms with Crippen LogP contribution in [-0.2, 0) is 24.3 Å². The minimum atomic E-state index is -0.891. The molecule has 5 aliphatic rings. The molecule has 0 aliphatic carbocycles. The standard InChI is InChI=1S/C33H35FN4O4/c1-20-26-11-12-29-31(20)35-36-38(29)14-5-3-4-6-16-42-25-9-10-27(28(34)18-25)32(39)37-15-13-22-7-8-23(17-24(22)19-37)30(26)21(2)33(40)41/h7-12,17-18,21,30H,3-6,13-16,19H2,1-2H3,(H,40,41)/t21-,30-/m1/s1. The highest BCUT2D eigenvalue weighted by Gasteiger charge is 2.31. The number of aliphatic carboxylic acids is 1. The Morgan fingerprint density at radius 1 is 1.05 bits per heavy atom. The fourth-order valence-electron chi connectivity index (χ4n) is 6.35. The van der Waals surface area contributed by atoms with Gasteiger partial charge in [0, 0.05) is 31.6 Å². The predicted molar refractivity (Wildman–Crippen MR) is 156 cm³/mol. The van der Waals surface area contributed by atoms with Gasteiger partial charge in [0.2, 0.25) is 0 Å². The van der Waals surface area contributed by atoms with E-state index in [1.165, 1.54) is 12.1 Å². The Morgan fingerprint density at radius 3 is 2.69 bits per heavy atom. The Hall–Kier alpha value is -4.27. The maximum Gasteiger partial charge on any atom is 0.307 e. The summed E-state index contributed by atoms with van der Waals surface area (Å²) < 4.78 is 22.8. The van der Waals surface area contributed by atoms with Crippen LogP contribution < -0.4 is 4.74 Å².